The van der Waals surface area contributed by atoms with Gasteiger partial charge in [-0.05, 0) is 58.4 Å². The van der Waals surface area contributed by atoms with Gasteiger partial charge in [-0.15, -0.1) is 0 Å². The number of benzene rings is 1. The van der Waals surface area contributed by atoms with Gasteiger partial charge in [0.1, 0.15) is 17.5 Å². The molecule has 4 heterocycles. The molecule has 2 saturated heterocycles. The summed E-state index contributed by atoms with van der Waals surface area (Å²) in [5.41, 5.74) is -0.277. The van der Waals surface area contributed by atoms with E-state index in [0.29, 0.717) is 49.1 Å². The van der Waals surface area contributed by atoms with Gasteiger partial charge in [0.25, 0.3) is 0 Å². The number of halogens is 4. The lowest BCUT2D eigenvalue weighted by Gasteiger charge is -2.40. The quantitative estimate of drug-likeness (QED) is 0.392. The van der Waals surface area contributed by atoms with E-state index >= 15 is 0 Å². The normalized spacial score (nSPS) is 20.9. The molecule has 1 aromatic heterocycles. The van der Waals surface area contributed by atoms with Crippen LogP contribution in [0.15, 0.2) is 30.3 Å². The minimum absolute atomic E-state index is 0.0451. The Labute approximate surface area is 265 Å². The third-order valence-electron chi connectivity index (χ3n) is 8.05. The number of rotatable bonds is 6. The summed E-state index contributed by atoms with van der Waals surface area (Å²) in [6.07, 6.45) is -4.60. The van der Waals surface area contributed by atoms with Crippen LogP contribution in [0.1, 0.15) is 44.9 Å². The van der Waals surface area contributed by atoms with Crippen molar-refractivity contribution in [1.29, 1.82) is 0 Å². The third-order valence-corrected chi connectivity index (χ3v) is 8.36. The van der Waals surface area contributed by atoms with Crippen LogP contribution in [0.2, 0.25) is 5.02 Å². The first-order chi connectivity index (χ1) is 21.0. The van der Waals surface area contributed by atoms with E-state index in [1.54, 1.807) is 30.1 Å². The summed E-state index contributed by atoms with van der Waals surface area (Å²) in [5, 5.41) is 0.426. The molecule has 0 saturated carbocycles. The molecule has 0 spiro atoms. The number of ether oxygens (including phenoxy) is 2. The van der Waals surface area contributed by atoms with Crippen molar-refractivity contribution in [2.45, 2.75) is 64.5 Å². The number of carbonyl (C=O) groups excluding carboxylic acids is 3. The zero-order valence-electron chi connectivity index (χ0n) is 25.9. The molecule has 3 aliphatic rings. The van der Waals surface area contributed by atoms with E-state index in [1.165, 1.54) is 11.8 Å². The Kier molecular flexibility index (Phi) is 8.98. The molecule has 5 rings (SSSR count). The summed E-state index contributed by atoms with van der Waals surface area (Å²) < 4.78 is 52.3. The number of carbonyl (C=O) groups is 3. The Hall–Kier alpha value is -3.58. The molecule has 1 aromatic carbocycles. The van der Waals surface area contributed by atoms with Gasteiger partial charge in [0.2, 0.25) is 11.8 Å². The highest BCUT2D eigenvalue weighted by atomic mass is 35.5. The Balaban J connectivity index is 1.33. The van der Waals surface area contributed by atoms with Gasteiger partial charge in [-0.2, -0.15) is 13.2 Å². The first kappa shape index (κ1) is 32.8. The third kappa shape index (κ3) is 6.99. The van der Waals surface area contributed by atoms with E-state index in [1.807, 2.05) is 25.7 Å². The lowest BCUT2D eigenvalue weighted by atomic mass is 9.95. The van der Waals surface area contributed by atoms with Crippen molar-refractivity contribution < 1.29 is 37.0 Å². The summed E-state index contributed by atoms with van der Waals surface area (Å²) in [6, 6.07) is 5.86. The SMILES string of the molecule is Cc1cc(C(F)(F)F)cc(N2C(=O)C[C@@H]3CN(CCCOC4CN(C(=O)OC(C)(C)C)C4)c4c(Cl)cccc4N(C)C(=O)[C@H]32)n1. The number of alkyl halides is 3. The molecule has 2 aromatic rings. The molecular weight excluding hydrogens is 615 g/mol. The molecule has 10 nitrogen and oxygen atoms in total. The van der Waals surface area contributed by atoms with Crippen molar-refractivity contribution >= 4 is 46.7 Å². The van der Waals surface area contributed by atoms with Gasteiger partial charge in [0, 0.05) is 44.8 Å². The van der Waals surface area contributed by atoms with Crippen molar-refractivity contribution in [3.05, 3.63) is 46.6 Å². The van der Waals surface area contributed by atoms with E-state index in [-0.39, 0.29) is 36.7 Å². The summed E-state index contributed by atoms with van der Waals surface area (Å²) in [5.74, 6) is -1.65. The highest BCUT2D eigenvalue weighted by molar-refractivity contribution is 6.34. The second-order valence-corrected chi connectivity index (χ2v) is 13.1. The van der Waals surface area contributed by atoms with Crippen molar-refractivity contribution in [2.24, 2.45) is 5.92 Å². The number of hydrogen-bond acceptors (Lipinski definition) is 7. The van der Waals surface area contributed by atoms with Crippen LogP contribution in [0.5, 0.6) is 0 Å². The number of likely N-dealkylation sites (tertiary alicyclic amines) is 1. The van der Waals surface area contributed by atoms with E-state index in [9.17, 15) is 27.6 Å². The molecule has 0 aliphatic carbocycles. The standard InChI is InChI=1S/C31H37ClF3N5O5/c1-18-12-20(31(33,34)35)14-24(36-18)40-25(41)13-19-15-38(27-22(32)8-6-9-23(27)37(5)28(42)26(19)40)10-7-11-44-21-16-39(17-21)29(43)45-30(2,3)4/h6,8-9,12,14,19,21,26H,7,10-11,13,15-17H2,1-5H3/t19-,26+/m1/s1. The zero-order chi connectivity index (χ0) is 32.8. The molecule has 14 heteroatoms. The smallest absolute Gasteiger partial charge is 0.416 e. The van der Waals surface area contributed by atoms with Crippen LogP contribution in [0.4, 0.5) is 35.2 Å². The number of fused-ring (bicyclic) bond motifs is 2. The highest BCUT2D eigenvalue weighted by Gasteiger charge is 2.49. The van der Waals surface area contributed by atoms with Gasteiger partial charge in [0.05, 0.1) is 41.2 Å². The topological polar surface area (TPSA) is 95.5 Å². The molecule has 2 fully saturated rings. The Morgan fingerprint density at radius 3 is 2.49 bits per heavy atom. The van der Waals surface area contributed by atoms with E-state index in [0.717, 1.165) is 17.0 Å². The molecule has 0 bridgehead atoms. The summed E-state index contributed by atoms with van der Waals surface area (Å²) in [4.78, 5) is 49.9. The number of anilines is 3. The van der Waals surface area contributed by atoms with E-state index in [4.69, 9.17) is 21.1 Å². The molecule has 0 N–H and O–H groups in total. The maximum atomic E-state index is 13.9. The van der Waals surface area contributed by atoms with Crippen LogP contribution in [-0.2, 0) is 25.2 Å². The van der Waals surface area contributed by atoms with E-state index < -0.39 is 41.1 Å². The minimum atomic E-state index is -4.64. The van der Waals surface area contributed by atoms with Crippen LogP contribution >= 0.6 is 11.6 Å². The predicted octanol–water partition coefficient (Wildman–Crippen LogP) is 5.29. The largest absolute Gasteiger partial charge is 0.444 e. The number of aryl methyl sites for hydroxylation is 1. The number of nitrogens with zero attached hydrogens (tertiary/aromatic N) is 5. The predicted molar refractivity (Wildman–Crippen MR) is 163 cm³/mol. The summed E-state index contributed by atoms with van der Waals surface area (Å²) in [7, 11) is 1.57. The second kappa shape index (κ2) is 12.3. The molecular formula is C31H37ClF3N5O5. The van der Waals surface area contributed by atoms with Gasteiger partial charge in [-0.25, -0.2) is 9.78 Å². The number of likely N-dealkylation sites (N-methyl/N-ethyl adjacent to an activating group) is 1. The fraction of sp³-hybridized carbons (Fsp3) is 0.548. The average molecular weight is 652 g/mol. The first-order valence-electron chi connectivity index (χ1n) is 14.8. The van der Waals surface area contributed by atoms with Gasteiger partial charge < -0.3 is 24.2 Å². The van der Waals surface area contributed by atoms with Gasteiger partial charge in [-0.1, -0.05) is 17.7 Å². The van der Waals surface area contributed by atoms with Crippen LogP contribution in [-0.4, -0.2) is 85.4 Å². The molecule has 45 heavy (non-hydrogen) atoms. The van der Waals surface area contributed by atoms with Crippen molar-refractivity contribution in [3.8, 4) is 0 Å². The number of amides is 3. The van der Waals surface area contributed by atoms with Crippen molar-refractivity contribution in [2.75, 3.05) is 54.5 Å². The van der Waals surface area contributed by atoms with Gasteiger partial charge >= 0.3 is 12.3 Å². The van der Waals surface area contributed by atoms with Crippen molar-refractivity contribution in [1.82, 2.24) is 9.88 Å². The average Bonchev–Trinajstić information content (AvgIpc) is 3.22. The lowest BCUT2D eigenvalue weighted by molar-refractivity contribution is -0.137. The number of hydrogen-bond donors (Lipinski definition) is 0. The Morgan fingerprint density at radius 1 is 1.11 bits per heavy atom. The first-order valence-corrected chi connectivity index (χ1v) is 15.2. The molecule has 0 unspecified atom stereocenters. The molecule has 3 amide bonds. The second-order valence-electron chi connectivity index (χ2n) is 12.7. The zero-order valence-corrected chi connectivity index (χ0v) is 26.6. The lowest BCUT2D eigenvalue weighted by Crippen LogP contribution is -2.56. The maximum Gasteiger partial charge on any atom is 0.416 e. The summed E-state index contributed by atoms with van der Waals surface area (Å²) in [6.45, 7) is 8.85. The fourth-order valence-electron chi connectivity index (χ4n) is 5.99. The maximum absolute atomic E-state index is 13.9. The number of para-hydroxylation sites is 1. The molecule has 244 valence electrons. The Bertz CT molecular complexity index is 1480. The number of pyridine rings is 1. The molecule has 0 radical (unpaired) electrons. The fourth-order valence-corrected chi connectivity index (χ4v) is 6.28. The molecule has 2 atom stereocenters. The number of aromatic nitrogens is 1. The monoisotopic (exact) mass is 651 g/mol. The van der Waals surface area contributed by atoms with Crippen LogP contribution in [0.3, 0.4) is 0 Å². The summed E-state index contributed by atoms with van der Waals surface area (Å²) >= 11 is 6.68. The van der Waals surface area contributed by atoms with Gasteiger partial charge in [0.15, 0.2) is 0 Å². The van der Waals surface area contributed by atoms with Crippen molar-refractivity contribution in [3.63, 3.8) is 0 Å². The molecule has 3 aliphatic heterocycles. The van der Waals surface area contributed by atoms with Crippen LogP contribution in [0.25, 0.3) is 0 Å². The van der Waals surface area contributed by atoms with Gasteiger partial charge in [-0.3, -0.25) is 14.5 Å². The van der Waals surface area contributed by atoms with Crippen LogP contribution < -0.4 is 14.7 Å². The highest BCUT2D eigenvalue weighted by Crippen LogP contribution is 2.43. The van der Waals surface area contributed by atoms with Crippen LogP contribution in [0, 0.1) is 12.8 Å². The minimum Gasteiger partial charge on any atom is -0.444 e. The van der Waals surface area contributed by atoms with E-state index in [2.05, 4.69) is 4.98 Å². The Morgan fingerprint density at radius 2 is 1.82 bits per heavy atom.